The van der Waals surface area contributed by atoms with E-state index in [1.807, 2.05) is 24.3 Å². The van der Waals surface area contributed by atoms with Gasteiger partial charge in [0.2, 0.25) is 5.91 Å². The van der Waals surface area contributed by atoms with E-state index in [4.69, 9.17) is 11.6 Å². The first-order chi connectivity index (χ1) is 6.70. The second kappa shape index (κ2) is 3.83. The van der Waals surface area contributed by atoms with Gasteiger partial charge in [-0.3, -0.25) is 4.79 Å². The summed E-state index contributed by atoms with van der Waals surface area (Å²) >= 11 is 7.63. The number of carbonyl (C=O) groups excluding carboxylic acids is 1. The number of amides is 1. The van der Waals surface area contributed by atoms with Gasteiger partial charge in [-0.2, -0.15) is 0 Å². The molecule has 14 heavy (non-hydrogen) atoms. The Morgan fingerprint density at radius 3 is 3.00 bits per heavy atom. The Labute approximate surface area is 92.2 Å². The van der Waals surface area contributed by atoms with Gasteiger partial charge in [0.1, 0.15) is 4.71 Å². The van der Waals surface area contributed by atoms with Crippen LogP contribution in [0.3, 0.4) is 0 Å². The van der Waals surface area contributed by atoms with Crippen molar-refractivity contribution in [2.75, 3.05) is 17.7 Å². The van der Waals surface area contributed by atoms with Crippen LogP contribution in [0, 0.1) is 0 Å². The van der Waals surface area contributed by atoms with Crippen LogP contribution < -0.4 is 4.90 Å². The number of para-hydroxylation sites is 1. The minimum atomic E-state index is -0.125. The van der Waals surface area contributed by atoms with Crippen LogP contribution in [-0.4, -0.2) is 18.7 Å². The van der Waals surface area contributed by atoms with Crippen LogP contribution in [-0.2, 0) is 4.79 Å². The van der Waals surface area contributed by atoms with Crippen molar-refractivity contribution in [2.24, 2.45) is 0 Å². The maximum atomic E-state index is 11.6. The normalized spacial score (nSPS) is 21.7. The van der Waals surface area contributed by atoms with Crippen molar-refractivity contribution < 1.29 is 4.79 Å². The van der Waals surface area contributed by atoms with Gasteiger partial charge in [0.05, 0.1) is 5.75 Å². The molecular weight excluding hydrogens is 218 g/mol. The number of nitrogens with zero attached hydrogens (tertiary/aromatic N) is 1. The molecule has 2 rings (SSSR count). The van der Waals surface area contributed by atoms with Crippen LogP contribution in [0.2, 0.25) is 0 Å². The Bertz CT molecular complexity index is 369. The third kappa shape index (κ3) is 1.62. The summed E-state index contributed by atoms with van der Waals surface area (Å²) in [6.07, 6.45) is 0. The van der Waals surface area contributed by atoms with E-state index in [0.717, 1.165) is 11.3 Å². The average molecular weight is 228 g/mol. The second-order valence-electron chi connectivity index (χ2n) is 3.14. The fraction of sp³-hybridized carbons (Fsp3) is 0.300. The summed E-state index contributed by atoms with van der Waals surface area (Å²) < 4.78 is -0.125. The molecule has 1 aliphatic rings. The number of anilines is 1. The number of fused-ring (bicyclic) bond motifs is 1. The Balaban J connectivity index is 2.51. The number of hydrogen-bond donors (Lipinski definition) is 0. The minimum absolute atomic E-state index is 0.102. The van der Waals surface area contributed by atoms with Gasteiger partial charge in [-0.1, -0.05) is 18.2 Å². The van der Waals surface area contributed by atoms with E-state index in [0.29, 0.717) is 5.75 Å². The highest BCUT2D eigenvalue weighted by Crippen LogP contribution is 2.40. The van der Waals surface area contributed by atoms with Crippen molar-refractivity contribution in [1.82, 2.24) is 0 Å². The first-order valence-electron chi connectivity index (χ1n) is 4.31. The molecule has 1 heterocycles. The van der Waals surface area contributed by atoms with Crippen molar-refractivity contribution >= 4 is 35.0 Å². The Morgan fingerprint density at radius 1 is 1.50 bits per heavy atom. The fourth-order valence-electron chi connectivity index (χ4n) is 1.45. The molecule has 0 saturated heterocycles. The lowest BCUT2D eigenvalue weighted by atomic mass is 10.2. The third-order valence-electron chi connectivity index (χ3n) is 2.27. The van der Waals surface area contributed by atoms with E-state index in [1.54, 1.807) is 11.9 Å². The predicted octanol–water partition coefficient (Wildman–Crippen LogP) is 2.63. The summed E-state index contributed by atoms with van der Waals surface area (Å²) in [5, 5.41) is 0. The lowest BCUT2D eigenvalue weighted by Crippen LogP contribution is -2.27. The quantitative estimate of drug-likeness (QED) is 0.635. The largest absolute Gasteiger partial charge is 0.314 e. The Morgan fingerprint density at radius 2 is 2.21 bits per heavy atom. The molecule has 1 atom stereocenters. The van der Waals surface area contributed by atoms with E-state index in [9.17, 15) is 4.79 Å². The van der Waals surface area contributed by atoms with Gasteiger partial charge < -0.3 is 4.90 Å². The zero-order valence-electron chi connectivity index (χ0n) is 7.74. The molecule has 0 fully saturated rings. The molecule has 1 amide bonds. The molecule has 1 aromatic rings. The van der Waals surface area contributed by atoms with Crippen LogP contribution in [0.1, 0.15) is 10.3 Å². The zero-order chi connectivity index (χ0) is 10.1. The molecule has 0 saturated carbocycles. The van der Waals surface area contributed by atoms with Gasteiger partial charge >= 0.3 is 0 Å². The van der Waals surface area contributed by atoms with Crippen molar-refractivity contribution in [3.05, 3.63) is 29.8 Å². The second-order valence-corrected chi connectivity index (χ2v) is 4.93. The van der Waals surface area contributed by atoms with E-state index in [1.165, 1.54) is 11.8 Å². The van der Waals surface area contributed by atoms with Crippen LogP contribution in [0.15, 0.2) is 24.3 Å². The van der Waals surface area contributed by atoms with Gasteiger partial charge in [0, 0.05) is 18.3 Å². The minimum Gasteiger partial charge on any atom is -0.314 e. The summed E-state index contributed by atoms with van der Waals surface area (Å²) in [4.78, 5) is 13.2. The molecule has 1 aliphatic heterocycles. The van der Waals surface area contributed by atoms with Crippen molar-refractivity contribution in [1.29, 1.82) is 0 Å². The highest BCUT2D eigenvalue weighted by atomic mass is 35.5. The summed E-state index contributed by atoms with van der Waals surface area (Å²) in [7, 11) is 1.79. The number of thioether (sulfide) groups is 1. The highest BCUT2D eigenvalue weighted by molar-refractivity contribution is 8.01. The van der Waals surface area contributed by atoms with Crippen LogP contribution >= 0.6 is 23.4 Å². The van der Waals surface area contributed by atoms with Crippen molar-refractivity contribution in [3.8, 4) is 0 Å². The van der Waals surface area contributed by atoms with Gasteiger partial charge in [0.25, 0.3) is 0 Å². The number of rotatable bonds is 0. The molecule has 74 valence electrons. The first-order valence-corrected chi connectivity index (χ1v) is 5.80. The lowest BCUT2D eigenvalue weighted by molar-refractivity contribution is -0.115. The molecule has 4 heteroatoms. The third-order valence-corrected chi connectivity index (χ3v) is 3.84. The summed E-state index contributed by atoms with van der Waals surface area (Å²) in [6, 6.07) is 7.75. The van der Waals surface area contributed by atoms with Crippen molar-refractivity contribution in [3.63, 3.8) is 0 Å². The van der Waals surface area contributed by atoms with E-state index < -0.39 is 0 Å². The van der Waals surface area contributed by atoms with Crippen LogP contribution in [0.25, 0.3) is 0 Å². The zero-order valence-corrected chi connectivity index (χ0v) is 9.31. The van der Waals surface area contributed by atoms with Gasteiger partial charge in [0.15, 0.2) is 0 Å². The van der Waals surface area contributed by atoms with E-state index in [2.05, 4.69) is 0 Å². The molecule has 0 radical (unpaired) electrons. The Hall–Kier alpha value is -0.670. The number of alkyl halides is 1. The molecule has 0 N–H and O–H groups in total. The van der Waals surface area contributed by atoms with Gasteiger partial charge in [-0.25, -0.2) is 0 Å². The highest BCUT2D eigenvalue weighted by Gasteiger charge is 2.24. The number of halogens is 1. The SMILES string of the molecule is CN1C(=O)CSC(Cl)c2ccccc21. The van der Waals surface area contributed by atoms with Crippen LogP contribution in [0.5, 0.6) is 0 Å². The molecule has 0 aliphatic carbocycles. The number of benzene rings is 1. The summed E-state index contributed by atoms with van der Waals surface area (Å²) in [6.45, 7) is 0. The number of hydrogen-bond acceptors (Lipinski definition) is 2. The molecule has 0 bridgehead atoms. The summed E-state index contributed by atoms with van der Waals surface area (Å²) in [5.41, 5.74) is 1.94. The first kappa shape index (κ1) is 9.87. The molecule has 1 unspecified atom stereocenters. The maximum absolute atomic E-state index is 11.6. The molecular formula is C10H10ClNOS. The predicted molar refractivity (Wildman–Crippen MR) is 60.9 cm³/mol. The van der Waals surface area contributed by atoms with Gasteiger partial charge in [-0.15, -0.1) is 23.4 Å². The average Bonchev–Trinajstić information content (AvgIpc) is 2.33. The molecule has 0 aromatic heterocycles. The van der Waals surface area contributed by atoms with Crippen molar-refractivity contribution in [2.45, 2.75) is 4.71 Å². The monoisotopic (exact) mass is 227 g/mol. The van der Waals surface area contributed by atoms with Crippen LogP contribution in [0.4, 0.5) is 5.69 Å². The maximum Gasteiger partial charge on any atom is 0.236 e. The molecule has 2 nitrogen and oxygen atoms in total. The molecule has 0 spiro atoms. The standard InChI is InChI=1S/C10H10ClNOS/c1-12-8-5-3-2-4-7(8)10(11)14-6-9(12)13/h2-5,10H,6H2,1H3. The van der Waals surface area contributed by atoms with E-state index >= 15 is 0 Å². The van der Waals surface area contributed by atoms with Gasteiger partial charge in [-0.05, 0) is 6.07 Å². The number of carbonyl (C=O) groups is 1. The topological polar surface area (TPSA) is 20.3 Å². The summed E-state index contributed by atoms with van der Waals surface area (Å²) in [5.74, 6) is 0.546. The Kier molecular flexibility index (Phi) is 2.70. The smallest absolute Gasteiger partial charge is 0.236 e. The van der Waals surface area contributed by atoms with E-state index in [-0.39, 0.29) is 10.6 Å². The molecule has 1 aromatic carbocycles. The lowest BCUT2D eigenvalue weighted by Gasteiger charge is -2.17. The fourth-order valence-corrected chi connectivity index (χ4v) is 2.69.